The number of carbonyl (C=O) groups excluding carboxylic acids is 3. The highest BCUT2D eigenvalue weighted by Crippen LogP contribution is 2.58. The van der Waals surface area contributed by atoms with Crippen molar-refractivity contribution in [2.75, 3.05) is 60.8 Å². The van der Waals surface area contributed by atoms with Gasteiger partial charge >= 0.3 is 24.7 Å². The van der Waals surface area contributed by atoms with E-state index in [9.17, 15) is 67.4 Å². The van der Waals surface area contributed by atoms with Crippen molar-refractivity contribution in [3.05, 3.63) is 99.3 Å². The molecular formula is C44H65N9O24P2. The first kappa shape index (κ1) is 62.6. The number of rotatable bonds is 28. The molecule has 6 heterocycles. The molecule has 0 radical (unpaired) electrons. The van der Waals surface area contributed by atoms with E-state index in [1.165, 1.54) is 28.1 Å². The van der Waals surface area contributed by atoms with E-state index in [0.29, 0.717) is 0 Å². The molecule has 0 aliphatic carbocycles. The molecule has 440 valence electrons. The van der Waals surface area contributed by atoms with Crippen LogP contribution in [0.2, 0.25) is 0 Å². The number of aliphatic hydroxyl groups is 2. The van der Waals surface area contributed by atoms with E-state index in [4.69, 9.17) is 46.9 Å². The number of aliphatic hydroxyl groups excluding tert-OH is 2. The van der Waals surface area contributed by atoms with Gasteiger partial charge in [-0.25, -0.2) is 14.4 Å². The Morgan fingerprint density at radius 3 is 1.51 bits per heavy atom. The van der Waals surface area contributed by atoms with Gasteiger partial charge in [0.2, 0.25) is 25.7 Å². The van der Waals surface area contributed by atoms with Crippen molar-refractivity contribution in [2.45, 2.75) is 125 Å². The topological polar surface area (TPSA) is 439 Å². The summed E-state index contributed by atoms with van der Waals surface area (Å²) in [5.41, 5.74) is -5.15. The summed E-state index contributed by atoms with van der Waals surface area (Å²) in [5, 5.41) is 26.8. The second kappa shape index (κ2) is 27.7. The molecule has 3 saturated heterocycles. The van der Waals surface area contributed by atoms with E-state index in [2.05, 4.69) is 30.9 Å². The average Bonchev–Trinajstić information content (AvgIpc) is 4.08. The van der Waals surface area contributed by atoms with Crippen molar-refractivity contribution in [1.29, 1.82) is 0 Å². The minimum Gasteiger partial charge on any atom is -0.394 e. The van der Waals surface area contributed by atoms with Gasteiger partial charge in [0, 0.05) is 77.2 Å². The van der Waals surface area contributed by atoms with Crippen LogP contribution in [-0.4, -0.2) is 188 Å². The predicted octanol–water partition coefficient (Wildman–Crippen LogP) is -4.21. The fourth-order valence-corrected chi connectivity index (χ4v) is 10.2. The van der Waals surface area contributed by atoms with Gasteiger partial charge in [-0.05, 0) is 20.8 Å². The third-order valence-corrected chi connectivity index (χ3v) is 16.0. The van der Waals surface area contributed by atoms with E-state index < -0.39 is 172 Å². The van der Waals surface area contributed by atoms with Crippen molar-refractivity contribution >= 4 is 33.3 Å². The lowest BCUT2D eigenvalue weighted by molar-refractivity contribution is -0.129. The van der Waals surface area contributed by atoms with Gasteiger partial charge < -0.3 is 78.0 Å². The monoisotopic (exact) mass is 1170 g/mol. The van der Waals surface area contributed by atoms with Crippen LogP contribution in [0.5, 0.6) is 0 Å². The summed E-state index contributed by atoms with van der Waals surface area (Å²) in [6, 6.07) is 3.02. The zero-order chi connectivity index (χ0) is 57.9. The maximum Gasteiger partial charge on any atom is 0.359 e. The maximum absolute atomic E-state index is 14.4. The number of aromatic nitrogens is 6. The molecular weight excluding hydrogens is 1100 g/mol. The van der Waals surface area contributed by atoms with Crippen LogP contribution in [0, 0.1) is 0 Å². The molecule has 6 rings (SSSR count). The molecule has 3 aromatic heterocycles. The molecule has 3 fully saturated rings. The quantitative estimate of drug-likeness (QED) is 0.0311. The highest BCUT2D eigenvalue weighted by atomic mass is 31.2. The zero-order valence-electron chi connectivity index (χ0n) is 43.5. The maximum atomic E-state index is 14.4. The number of nitrogens with zero attached hydrogens (tertiary/aromatic N) is 3. The third kappa shape index (κ3) is 15.4. The molecule has 3 aliphatic heterocycles. The first-order chi connectivity index (χ1) is 37.4. The molecule has 35 heteroatoms. The number of amides is 3. The summed E-state index contributed by atoms with van der Waals surface area (Å²) >= 11 is 0. The summed E-state index contributed by atoms with van der Waals surface area (Å²) in [7, 11) is -4.47. The number of H-pyrrole nitrogens is 3. The van der Waals surface area contributed by atoms with Gasteiger partial charge in [-0.1, -0.05) is 0 Å². The second-order valence-corrected chi connectivity index (χ2v) is 22.5. The van der Waals surface area contributed by atoms with Crippen LogP contribution < -0.4 is 49.7 Å². The molecule has 0 spiro atoms. The SMILES string of the molecule is CNC(=O)CCOC1C(O)C(COP(=O)(O)C(C)(C)OC2C(CO[PH](=O)C(C)OC3C(CO)OC(n4ccc(=O)[nH]c4=O)C3OCCC(=O)NC)OC(n3ccc(=O)[nH]c3=O)C2OCCC(=O)NC)OC1n1ccc(=O)[nH]c1=O. The van der Waals surface area contributed by atoms with Gasteiger partial charge in [-0.2, -0.15) is 0 Å². The lowest BCUT2D eigenvalue weighted by Crippen LogP contribution is -2.45. The Balaban J connectivity index is 1.25. The van der Waals surface area contributed by atoms with Crippen molar-refractivity contribution in [1.82, 2.24) is 44.6 Å². The van der Waals surface area contributed by atoms with Crippen molar-refractivity contribution < 1.29 is 85.6 Å². The van der Waals surface area contributed by atoms with E-state index in [0.717, 1.165) is 64.3 Å². The first-order valence-electron chi connectivity index (χ1n) is 24.6. The average molecular weight is 1170 g/mol. The largest absolute Gasteiger partial charge is 0.394 e. The van der Waals surface area contributed by atoms with Crippen LogP contribution in [0.3, 0.4) is 0 Å². The molecule has 3 amide bonds. The standard InChI is InChI=1S/C44H65N9O24P2/c1-22(73-33-23(19-54)74-39(36(33)69-17-11-27(56)46-5)52-14-8-30(59)49-42(52)63)78(65)71-20-25-34(37(70-18-12-28(57)47-6)40(76-25)53-15-9-31(60)50-43(53)64)77-44(2,3)79(66,67)72-21-24-32(61)35(68-16-10-26(55)45-4)38(75-24)51-13-7-29(58)48-41(51)62/h7-9,13-15,22-25,32-40,54,61,78H,10-12,16-21H2,1-6H3,(H,45,55)(H,46,56)(H,47,57)(H,66,67)(H,48,58,62)(H,49,59,63)(H,50,60,64). The molecule has 79 heavy (non-hydrogen) atoms. The van der Waals surface area contributed by atoms with Gasteiger partial charge in [0.15, 0.2) is 24.0 Å². The van der Waals surface area contributed by atoms with Crippen LogP contribution in [-0.2, 0) is 70.5 Å². The van der Waals surface area contributed by atoms with E-state index in [-0.39, 0.29) is 39.1 Å². The number of ether oxygens (including phenoxy) is 8. The van der Waals surface area contributed by atoms with Crippen LogP contribution in [0.1, 0.15) is 58.7 Å². The first-order valence-corrected chi connectivity index (χ1v) is 27.5. The summed E-state index contributed by atoms with van der Waals surface area (Å²) in [6.45, 7) is 0.398. The minimum absolute atomic E-state index is 0.159. The summed E-state index contributed by atoms with van der Waals surface area (Å²) in [6.07, 6.45) is -14.8. The van der Waals surface area contributed by atoms with Gasteiger partial charge in [-0.15, -0.1) is 0 Å². The Kier molecular flexibility index (Phi) is 22.0. The Labute approximate surface area is 447 Å². The normalized spacial score (nSPS) is 27.5. The Morgan fingerprint density at radius 1 is 0.671 bits per heavy atom. The lowest BCUT2D eigenvalue weighted by Gasteiger charge is -2.36. The summed E-state index contributed by atoms with van der Waals surface area (Å²) in [4.78, 5) is 129. The minimum atomic E-state index is -5.17. The van der Waals surface area contributed by atoms with Crippen molar-refractivity contribution in [3.63, 3.8) is 0 Å². The van der Waals surface area contributed by atoms with Crippen LogP contribution >= 0.6 is 15.6 Å². The van der Waals surface area contributed by atoms with Gasteiger partial charge in [0.25, 0.3) is 16.7 Å². The highest BCUT2D eigenvalue weighted by Gasteiger charge is 2.55. The highest BCUT2D eigenvalue weighted by molar-refractivity contribution is 7.54. The zero-order valence-corrected chi connectivity index (χ0v) is 45.4. The van der Waals surface area contributed by atoms with Crippen LogP contribution in [0.4, 0.5) is 0 Å². The molecule has 9 N–H and O–H groups in total. The van der Waals surface area contributed by atoms with Gasteiger partial charge in [0.05, 0.1) is 39.6 Å². The molecule has 0 bridgehead atoms. The third-order valence-electron chi connectivity index (χ3n) is 12.8. The molecule has 0 saturated carbocycles. The Bertz CT molecular complexity index is 3030. The Morgan fingerprint density at radius 2 is 1.08 bits per heavy atom. The number of hydrogen-bond acceptors (Lipinski definition) is 23. The summed E-state index contributed by atoms with van der Waals surface area (Å²) < 4.78 is 91.3. The molecule has 0 aromatic carbocycles. The molecule has 3 aliphatic rings. The number of carbonyl (C=O) groups is 3. The number of hydrogen-bond donors (Lipinski definition) is 9. The smallest absolute Gasteiger partial charge is 0.359 e. The molecule has 3 aromatic rings. The predicted molar refractivity (Wildman–Crippen MR) is 268 cm³/mol. The summed E-state index contributed by atoms with van der Waals surface area (Å²) in [5.74, 6) is -2.69. The van der Waals surface area contributed by atoms with Crippen LogP contribution in [0.15, 0.2) is 65.6 Å². The lowest BCUT2D eigenvalue weighted by atomic mass is 10.1. The second-order valence-electron chi connectivity index (χ2n) is 18.4. The van der Waals surface area contributed by atoms with Crippen molar-refractivity contribution in [3.8, 4) is 0 Å². The van der Waals surface area contributed by atoms with E-state index >= 15 is 0 Å². The van der Waals surface area contributed by atoms with Gasteiger partial charge in [-0.3, -0.25) is 66.6 Å². The van der Waals surface area contributed by atoms with E-state index in [1.54, 1.807) is 0 Å². The number of nitrogens with one attached hydrogen (secondary N) is 6. The molecule has 15 atom stereocenters. The van der Waals surface area contributed by atoms with E-state index in [1.807, 2.05) is 0 Å². The fraction of sp³-hybridized carbons (Fsp3) is 0.659. The molecule has 33 nitrogen and oxygen atoms in total. The Hall–Kier alpha value is -5.61. The van der Waals surface area contributed by atoms with Crippen molar-refractivity contribution in [2.24, 2.45) is 0 Å². The molecule has 15 unspecified atom stereocenters. The fourth-order valence-electron chi connectivity index (χ4n) is 8.49. The van der Waals surface area contributed by atoms with Crippen LogP contribution in [0.25, 0.3) is 0 Å². The number of aromatic amines is 3. The van der Waals surface area contributed by atoms with Gasteiger partial charge in [0.1, 0.15) is 60.8 Å².